The second kappa shape index (κ2) is 20.8. The molecular formula is C27H53BrO2. The predicted octanol–water partition coefficient (Wildman–Crippen LogP) is 9.77. The summed E-state index contributed by atoms with van der Waals surface area (Å²) in [5.74, 6) is 0.0325. The summed E-state index contributed by atoms with van der Waals surface area (Å²) < 4.78 is 5.98. The SMILES string of the molecule is CCCCCCCCCC(CCCCCCC)OC(=O)CCC(C)(C)CCCCBr. The van der Waals surface area contributed by atoms with Crippen LogP contribution in [0, 0.1) is 5.41 Å². The first-order valence-corrected chi connectivity index (χ1v) is 14.3. The topological polar surface area (TPSA) is 26.3 Å². The van der Waals surface area contributed by atoms with E-state index in [9.17, 15) is 4.79 Å². The van der Waals surface area contributed by atoms with Gasteiger partial charge in [-0.2, -0.15) is 0 Å². The molecule has 2 nitrogen and oxygen atoms in total. The molecule has 0 aromatic rings. The van der Waals surface area contributed by atoms with Crippen LogP contribution in [0.25, 0.3) is 0 Å². The van der Waals surface area contributed by atoms with Gasteiger partial charge < -0.3 is 4.74 Å². The summed E-state index contributed by atoms with van der Waals surface area (Å²) in [7, 11) is 0. The number of hydrogen-bond donors (Lipinski definition) is 0. The van der Waals surface area contributed by atoms with E-state index in [2.05, 4.69) is 43.6 Å². The first kappa shape index (κ1) is 29.9. The minimum absolute atomic E-state index is 0.0325. The average molecular weight is 490 g/mol. The summed E-state index contributed by atoms with van der Waals surface area (Å²) >= 11 is 3.51. The highest BCUT2D eigenvalue weighted by Crippen LogP contribution is 2.29. The van der Waals surface area contributed by atoms with Crippen molar-refractivity contribution < 1.29 is 9.53 Å². The average Bonchev–Trinajstić information content (AvgIpc) is 2.71. The van der Waals surface area contributed by atoms with Gasteiger partial charge in [-0.15, -0.1) is 0 Å². The van der Waals surface area contributed by atoms with Crippen LogP contribution >= 0.6 is 15.9 Å². The summed E-state index contributed by atoms with van der Waals surface area (Å²) in [5, 5.41) is 1.07. The van der Waals surface area contributed by atoms with Crippen LogP contribution in [0.4, 0.5) is 0 Å². The summed E-state index contributed by atoms with van der Waals surface area (Å²) in [6, 6.07) is 0. The molecule has 0 N–H and O–H groups in total. The molecule has 0 aliphatic rings. The molecular weight excluding hydrogens is 436 g/mol. The van der Waals surface area contributed by atoms with Crippen LogP contribution in [0.2, 0.25) is 0 Å². The maximum Gasteiger partial charge on any atom is 0.306 e. The first-order chi connectivity index (χ1) is 14.4. The van der Waals surface area contributed by atoms with Gasteiger partial charge in [0.1, 0.15) is 6.10 Å². The van der Waals surface area contributed by atoms with Crippen molar-refractivity contribution in [2.45, 2.75) is 156 Å². The van der Waals surface area contributed by atoms with Crippen molar-refractivity contribution in [3.05, 3.63) is 0 Å². The Hall–Kier alpha value is -0.0500. The van der Waals surface area contributed by atoms with E-state index in [0.29, 0.717) is 6.42 Å². The van der Waals surface area contributed by atoms with Crippen LogP contribution < -0.4 is 0 Å². The third-order valence-electron chi connectivity index (χ3n) is 6.30. The molecule has 0 saturated heterocycles. The second-order valence-corrected chi connectivity index (χ2v) is 10.8. The molecule has 0 aliphatic heterocycles. The number of carbonyl (C=O) groups excluding carboxylic acids is 1. The standard InChI is InChI=1S/C27H53BrO2/c1-5-7-9-11-12-14-16-20-25(19-15-13-10-8-6-2)30-26(29)21-23-27(3,4)22-17-18-24-28/h25H,5-24H2,1-4H3. The van der Waals surface area contributed by atoms with E-state index in [1.54, 1.807) is 0 Å². The fourth-order valence-electron chi connectivity index (χ4n) is 4.08. The third-order valence-corrected chi connectivity index (χ3v) is 6.86. The van der Waals surface area contributed by atoms with E-state index in [4.69, 9.17) is 4.74 Å². The largest absolute Gasteiger partial charge is 0.462 e. The van der Waals surface area contributed by atoms with Gasteiger partial charge in [-0.3, -0.25) is 4.79 Å². The maximum atomic E-state index is 12.5. The number of halogens is 1. The van der Waals surface area contributed by atoms with Gasteiger partial charge in [0.25, 0.3) is 0 Å². The van der Waals surface area contributed by atoms with Gasteiger partial charge in [0.15, 0.2) is 0 Å². The lowest BCUT2D eigenvalue weighted by Crippen LogP contribution is -2.21. The molecule has 0 bridgehead atoms. The molecule has 0 aromatic heterocycles. The summed E-state index contributed by atoms with van der Waals surface area (Å²) in [5.41, 5.74) is 0.231. The number of hydrogen-bond acceptors (Lipinski definition) is 2. The van der Waals surface area contributed by atoms with Crippen molar-refractivity contribution in [2.75, 3.05) is 5.33 Å². The predicted molar refractivity (Wildman–Crippen MR) is 137 cm³/mol. The minimum atomic E-state index is 0.0325. The van der Waals surface area contributed by atoms with Crippen LogP contribution in [-0.2, 0) is 9.53 Å². The van der Waals surface area contributed by atoms with Crippen molar-refractivity contribution >= 4 is 21.9 Å². The lowest BCUT2D eigenvalue weighted by molar-refractivity contribution is -0.150. The Balaban J connectivity index is 4.25. The molecule has 0 amide bonds. The highest BCUT2D eigenvalue weighted by molar-refractivity contribution is 9.09. The van der Waals surface area contributed by atoms with Crippen molar-refractivity contribution in [2.24, 2.45) is 5.41 Å². The highest BCUT2D eigenvalue weighted by Gasteiger charge is 2.21. The smallest absolute Gasteiger partial charge is 0.306 e. The van der Waals surface area contributed by atoms with Gasteiger partial charge in [0.2, 0.25) is 0 Å². The van der Waals surface area contributed by atoms with Crippen LogP contribution in [0.15, 0.2) is 0 Å². The van der Waals surface area contributed by atoms with Crippen LogP contribution in [0.5, 0.6) is 0 Å². The maximum absolute atomic E-state index is 12.5. The lowest BCUT2D eigenvalue weighted by atomic mass is 9.83. The molecule has 0 rings (SSSR count). The molecule has 180 valence electrons. The molecule has 0 radical (unpaired) electrons. The number of carbonyl (C=O) groups is 1. The fourth-order valence-corrected chi connectivity index (χ4v) is 4.47. The zero-order valence-electron chi connectivity index (χ0n) is 20.9. The van der Waals surface area contributed by atoms with E-state index in [0.717, 1.165) is 24.6 Å². The minimum Gasteiger partial charge on any atom is -0.462 e. The van der Waals surface area contributed by atoms with Crippen molar-refractivity contribution in [1.82, 2.24) is 0 Å². The van der Waals surface area contributed by atoms with Gasteiger partial charge in [-0.05, 0) is 50.4 Å². The first-order valence-electron chi connectivity index (χ1n) is 13.2. The Kier molecular flexibility index (Phi) is 20.8. The van der Waals surface area contributed by atoms with Gasteiger partial charge in [-0.1, -0.05) is 114 Å². The number of alkyl halides is 1. The molecule has 0 fully saturated rings. The summed E-state index contributed by atoms with van der Waals surface area (Å²) in [4.78, 5) is 12.5. The molecule has 1 atom stereocenters. The van der Waals surface area contributed by atoms with Crippen LogP contribution in [0.1, 0.15) is 150 Å². The highest BCUT2D eigenvalue weighted by atomic mass is 79.9. The second-order valence-electron chi connectivity index (χ2n) is 10.0. The Bertz CT molecular complexity index is 381. The lowest BCUT2D eigenvalue weighted by Gasteiger charge is -2.25. The molecule has 30 heavy (non-hydrogen) atoms. The van der Waals surface area contributed by atoms with Crippen molar-refractivity contribution in [3.63, 3.8) is 0 Å². The molecule has 0 aromatic carbocycles. The fraction of sp³-hybridized carbons (Fsp3) is 0.963. The Labute approximate surface area is 197 Å². The molecule has 0 spiro atoms. The van der Waals surface area contributed by atoms with E-state index < -0.39 is 0 Å². The normalized spacial score (nSPS) is 12.8. The van der Waals surface area contributed by atoms with E-state index in [1.165, 1.54) is 96.3 Å². The van der Waals surface area contributed by atoms with Crippen molar-refractivity contribution in [3.8, 4) is 0 Å². The third kappa shape index (κ3) is 19.9. The molecule has 1 unspecified atom stereocenters. The van der Waals surface area contributed by atoms with Gasteiger partial charge in [0.05, 0.1) is 0 Å². The summed E-state index contributed by atoms with van der Waals surface area (Å²) in [6.45, 7) is 9.10. The molecule has 0 heterocycles. The van der Waals surface area contributed by atoms with E-state index >= 15 is 0 Å². The van der Waals surface area contributed by atoms with Crippen LogP contribution in [-0.4, -0.2) is 17.4 Å². The van der Waals surface area contributed by atoms with Gasteiger partial charge >= 0.3 is 5.97 Å². The van der Waals surface area contributed by atoms with E-state index in [1.807, 2.05) is 0 Å². The zero-order chi connectivity index (χ0) is 22.5. The van der Waals surface area contributed by atoms with Gasteiger partial charge in [-0.25, -0.2) is 0 Å². The Morgan fingerprint density at radius 1 is 0.733 bits per heavy atom. The molecule has 0 saturated carbocycles. The number of rotatable bonds is 22. The monoisotopic (exact) mass is 488 g/mol. The summed E-state index contributed by atoms with van der Waals surface area (Å²) in [6.07, 6.45) is 23.0. The Morgan fingerprint density at radius 2 is 1.23 bits per heavy atom. The van der Waals surface area contributed by atoms with E-state index in [-0.39, 0.29) is 17.5 Å². The van der Waals surface area contributed by atoms with Crippen molar-refractivity contribution in [1.29, 1.82) is 0 Å². The Morgan fingerprint density at radius 3 is 1.73 bits per heavy atom. The van der Waals surface area contributed by atoms with Gasteiger partial charge in [0, 0.05) is 11.8 Å². The number of esters is 1. The molecule has 3 heteroatoms. The molecule has 0 aliphatic carbocycles. The number of ether oxygens (including phenoxy) is 1. The quantitative estimate of drug-likeness (QED) is 0.0859. The number of unbranched alkanes of at least 4 members (excludes halogenated alkanes) is 11. The van der Waals surface area contributed by atoms with Crippen LogP contribution in [0.3, 0.4) is 0 Å². The zero-order valence-corrected chi connectivity index (χ0v) is 22.5.